The molecule has 1 aromatic heterocycles. The summed E-state index contributed by atoms with van der Waals surface area (Å²) in [6, 6.07) is 9.99. The van der Waals surface area contributed by atoms with E-state index < -0.39 is 5.72 Å². The summed E-state index contributed by atoms with van der Waals surface area (Å²) in [4.78, 5) is 8.66. The highest BCUT2D eigenvalue weighted by Crippen LogP contribution is 2.24. The molecule has 3 rings (SSSR count). The Hall–Kier alpha value is -2.63. The molecule has 2 aromatic rings. The van der Waals surface area contributed by atoms with Crippen LogP contribution < -0.4 is 5.73 Å². The molecule has 0 bridgehead atoms. The van der Waals surface area contributed by atoms with Crippen LogP contribution in [0.2, 0.25) is 0 Å². The van der Waals surface area contributed by atoms with Gasteiger partial charge in [-0.05, 0) is 19.4 Å². The molecule has 0 fully saturated rings. The van der Waals surface area contributed by atoms with Crippen LogP contribution in [0.1, 0.15) is 25.1 Å². The Morgan fingerprint density at radius 2 is 2.00 bits per heavy atom. The highest BCUT2D eigenvalue weighted by Gasteiger charge is 2.34. The lowest BCUT2D eigenvalue weighted by Crippen LogP contribution is -2.19. The van der Waals surface area contributed by atoms with Crippen LogP contribution in [-0.4, -0.2) is 26.9 Å². The fraction of sp³-hybridized carbons (Fsp3) is 0.267. The largest absolute Gasteiger partial charge is 0.448 e. The number of nitrogen functional groups attached to an aromatic ring is 1. The van der Waals surface area contributed by atoms with Gasteiger partial charge in [-0.15, -0.1) is 0 Å². The van der Waals surface area contributed by atoms with Gasteiger partial charge in [-0.25, -0.2) is 9.98 Å². The molecule has 0 saturated heterocycles. The van der Waals surface area contributed by atoms with E-state index in [-0.39, 0.29) is 5.90 Å². The number of anilines is 1. The van der Waals surface area contributed by atoms with E-state index in [0.29, 0.717) is 23.8 Å². The number of imidazole rings is 1. The van der Waals surface area contributed by atoms with Crippen LogP contribution in [0.15, 0.2) is 41.7 Å². The van der Waals surface area contributed by atoms with Crippen LogP contribution in [0.3, 0.4) is 0 Å². The molecule has 3 N–H and O–H groups in total. The Bertz CT molecular complexity index is 715. The van der Waals surface area contributed by atoms with Crippen molar-refractivity contribution in [3.05, 3.63) is 47.9 Å². The van der Waals surface area contributed by atoms with Gasteiger partial charge in [-0.2, -0.15) is 0 Å². The first-order valence-corrected chi connectivity index (χ1v) is 6.69. The molecule has 108 valence electrons. The summed E-state index contributed by atoms with van der Waals surface area (Å²) in [6.45, 7) is 4.22. The highest BCUT2D eigenvalue weighted by atomic mass is 16.5. The molecule has 1 aliphatic rings. The van der Waals surface area contributed by atoms with Gasteiger partial charge in [0.15, 0.2) is 11.4 Å². The highest BCUT2D eigenvalue weighted by molar-refractivity contribution is 6.46. The average Bonchev–Trinajstić information content (AvgIpc) is 2.91. The molecule has 0 atom stereocenters. The van der Waals surface area contributed by atoms with Crippen molar-refractivity contribution >= 4 is 17.4 Å². The van der Waals surface area contributed by atoms with Crippen molar-refractivity contribution in [2.75, 3.05) is 5.73 Å². The normalized spacial score (nSPS) is 16.7. The lowest BCUT2D eigenvalue weighted by molar-refractivity contribution is 0.121. The van der Waals surface area contributed by atoms with Crippen LogP contribution in [0.25, 0.3) is 0 Å². The van der Waals surface area contributed by atoms with Gasteiger partial charge >= 0.3 is 0 Å². The van der Waals surface area contributed by atoms with E-state index in [1.807, 2.05) is 34.9 Å². The maximum atomic E-state index is 7.87. The molecule has 0 spiro atoms. The Balaban J connectivity index is 1.92. The molecule has 1 aliphatic heterocycles. The third kappa shape index (κ3) is 2.52. The van der Waals surface area contributed by atoms with Crippen LogP contribution in [-0.2, 0) is 11.3 Å². The molecular weight excluding hydrogens is 266 g/mol. The van der Waals surface area contributed by atoms with E-state index in [1.54, 1.807) is 20.2 Å². The topological polar surface area (TPSA) is 89.3 Å². The summed E-state index contributed by atoms with van der Waals surface area (Å²) in [5, 5.41) is 7.87. The quantitative estimate of drug-likeness (QED) is 0.903. The molecule has 21 heavy (non-hydrogen) atoms. The maximum Gasteiger partial charge on any atom is 0.236 e. The Morgan fingerprint density at radius 1 is 1.29 bits per heavy atom. The number of nitrogens with two attached hydrogens (primary N) is 1. The predicted octanol–water partition coefficient (Wildman–Crippen LogP) is 2.05. The average molecular weight is 283 g/mol. The number of aromatic nitrogens is 2. The lowest BCUT2D eigenvalue weighted by Gasteiger charge is -2.12. The van der Waals surface area contributed by atoms with Gasteiger partial charge in [0.2, 0.25) is 5.90 Å². The third-order valence-electron chi connectivity index (χ3n) is 3.25. The second-order valence-corrected chi connectivity index (χ2v) is 5.43. The molecule has 2 heterocycles. The minimum absolute atomic E-state index is 0.0108. The molecule has 6 heteroatoms. The van der Waals surface area contributed by atoms with Crippen molar-refractivity contribution in [2.45, 2.75) is 26.1 Å². The fourth-order valence-corrected chi connectivity index (χ4v) is 2.28. The Morgan fingerprint density at radius 3 is 2.62 bits per heavy atom. The first-order chi connectivity index (χ1) is 9.96. The van der Waals surface area contributed by atoms with E-state index in [4.69, 9.17) is 15.9 Å². The van der Waals surface area contributed by atoms with Gasteiger partial charge in [-0.1, -0.05) is 30.3 Å². The number of aliphatic imine (C=N–C) groups is 1. The molecule has 0 saturated carbocycles. The molecule has 0 aliphatic carbocycles. The van der Waals surface area contributed by atoms with Crippen LogP contribution >= 0.6 is 0 Å². The zero-order valence-electron chi connectivity index (χ0n) is 12.0. The van der Waals surface area contributed by atoms with Gasteiger partial charge in [-0.3, -0.25) is 5.41 Å². The standard InChI is InChI=1S/C15H17N5O/c1-15(2)19-12(14(17)21-15)11-13(16)20(9-18-11)8-10-6-4-3-5-7-10/h3-7,9,17H,8,16H2,1-2H3. The van der Waals surface area contributed by atoms with Crippen molar-refractivity contribution in [3.8, 4) is 0 Å². The van der Waals surface area contributed by atoms with E-state index in [2.05, 4.69) is 9.98 Å². The summed E-state index contributed by atoms with van der Waals surface area (Å²) < 4.78 is 7.21. The second kappa shape index (κ2) is 4.73. The summed E-state index contributed by atoms with van der Waals surface area (Å²) in [7, 11) is 0. The molecular formula is C15H17N5O. The summed E-state index contributed by atoms with van der Waals surface area (Å²) in [5.41, 5.74) is 7.46. The first kappa shape index (κ1) is 13.4. The number of nitrogens with one attached hydrogen (secondary N) is 1. The van der Waals surface area contributed by atoms with Gasteiger partial charge in [0, 0.05) is 0 Å². The maximum absolute atomic E-state index is 7.87. The van der Waals surface area contributed by atoms with Gasteiger partial charge < -0.3 is 15.0 Å². The minimum atomic E-state index is -0.734. The van der Waals surface area contributed by atoms with Crippen molar-refractivity contribution in [3.63, 3.8) is 0 Å². The minimum Gasteiger partial charge on any atom is -0.448 e. The van der Waals surface area contributed by atoms with Gasteiger partial charge in [0.1, 0.15) is 11.5 Å². The third-order valence-corrected chi connectivity index (χ3v) is 3.25. The van der Waals surface area contributed by atoms with Gasteiger partial charge in [0.05, 0.1) is 12.9 Å². The van der Waals surface area contributed by atoms with Crippen LogP contribution in [0.5, 0.6) is 0 Å². The molecule has 1 aromatic carbocycles. The molecule has 0 unspecified atom stereocenters. The monoisotopic (exact) mass is 283 g/mol. The predicted molar refractivity (Wildman–Crippen MR) is 81.6 cm³/mol. The number of hydrogen-bond donors (Lipinski definition) is 2. The SMILES string of the molecule is CC1(C)N=C(c2ncn(Cc3ccccc3)c2N)C(=N)O1. The smallest absolute Gasteiger partial charge is 0.236 e. The summed E-state index contributed by atoms with van der Waals surface area (Å²) >= 11 is 0. The Labute approximate surface area is 122 Å². The van der Waals surface area contributed by atoms with Crippen molar-refractivity contribution in [2.24, 2.45) is 4.99 Å². The number of benzene rings is 1. The second-order valence-electron chi connectivity index (χ2n) is 5.43. The number of nitrogens with zero attached hydrogens (tertiary/aromatic N) is 3. The van der Waals surface area contributed by atoms with Crippen molar-refractivity contribution in [1.29, 1.82) is 5.41 Å². The summed E-state index contributed by atoms with van der Waals surface area (Å²) in [6.07, 6.45) is 1.67. The number of hydrogen-bond acceptors (Lipinski definition) is 5. The zero-order chi connectivity index (χ0) is 15.0. The lowest BCUT2D eigenvalue weighted by atomic mass is 10.2. The first-order valence-electron chi connectivity index (χ1n) is 6.69. The molecule has 0 amide bonds. The van der Waals surface area contributed by atoms with E-state index >= 15 is 0 Å². The summed E-state index contributed by atoms with van der Waals surface area (Å²) in [5.74, 6) is 0.500. The van der Waals surface area contributed by atoms with Crippen LogP contribution in [0.4, 0.5) is 5.82 Å². The fourth-order valence-electron chi connectivity index (χ4n) is 2.28. The zero-order valence-corrected chi connectivity index (χ0v) is 12.0. The Kier molecular flexibility index (Phi) is 3.01. The molecule has 0 radical (unpaired) electrons. The van der Waals surface area contributed by atoms with E-state index in [0.717, 1.165) is 5.56 Å². The number of ether oxygens (including phenoxy) is 1. The molecule has 6 nitrogen and oxygen atoms in total. The van der Waals surface area contributed by atoms with Crippen LogP contribution in [0, 0.1) is 5.41 Å². The van der Waals surface area contributed by atoms with Gasteiger partial charge in [0.25, 0.3) is 0 Å². The van der Waals surface area contributed by atoms with Crippen molar-refractivity contribution < 1.29 is 4.74 Å². The van der Waals surface area contributed by atoms with Crippen molar-refractivity contribution in [1.82, 2.24) is 9.55 Å². The number of rotatable bonds is 3. The van der Waals surface area contributed by atoms with E-state index in [9.17, 15) is 0 Å². The van der Waals surface area contributed by atoms with E-state index in [1.165, 1.54) is 0 Å².